The number of rotatable bonds is 8. The van der Waals surface area contributed by atoms with Crippen LogP contribution in [0.15, 0.2) is 57.2 Å². The molecule has 0 radical (unpaired) electrons. The first-order chi connectivity index (χ1) is 14.7. The number of amides is 1. The Morgan fingerprint density at radius 3 is 2.65 bits per heavy atom. The molecule has 0 atom stereocenters. The van der Waals surface area contributed by atoms with Crippen LogP contribution in [-0.4, -0.2) is 37.7 Å². The van der Waals surface area contributed by atoms with E-state index >= 15 is 0 Å². The number of aryl methyl sites for hydroxylation is 1. The Morgan fingerprint density at radius 1 is 1.29 bits per heavy atom. The zero-order valence-corrected chi connectivity index (χ0v) is 18.9. The first-order valence-electron chi connectivity index (χ1n) is 9.24. The van der Waals surface area contributed by atoms with Gasteiger partial charge in [0.2, 0.25) is 0 Å². The first kappa shape index (κ1) is 23.0. The average molecular weight is 475 g/mol. The summed E-state index contributed by atoms with van der Waals surface area (Å²) in [6.07, 6.45) is 1.82. The summed E-state index contributed by atoms with van der Waals surface area (Å²) in [6.45, 7) is 2.20. The van der Waals surface area contributed by atoms with Crippen LogP contribution in [-0.2, 0) is 9.59 Å². The standard InChI is InChI=1S/C21H18N2O5S3/c1-13-4-7-15(8-5-13)30-17-9-6-14(11-16(17)23(27)28)12-18-20(26)22(21(29)31-18)10-2-3-19(24)25/h4-9,11-12H,2-3,10H2,1H3,(H,24,25)/b18-12-. The van der Waals surface area contributed by atoms with Gasteiger partial charge in [-0.25, -0.2) is 0 Å². The monoisotopic (exact) mass is 474 g/mol. The minimum absolute atomic E-state index is 0.0451. The molecule has 0 bridgehead atoms. The third-order valence-corrected chi connectivity index (χ3v) is 6.82. The molecule has 0 unspecified atom stereocenters. The Bertz CT molecular complexity index is 1080. The highest BCUT2D eigenvalue weighted by Gasteiger charge is 2.31. The third-order valence-electron chi connectivity index (χ3n) is 4.37. The summed E-state index contributed by atoms with van der Waals surface area (Å²) in [5.74, 6) is -1.25. The molecule has 1 aliphatic rings. The molecule has 2 aromatic rings. The predicted octanol–water partition coefficient (Wildman–Crippen LogP) is 5.12. The number of carboxylic acids is 1. The summed E-state index contributed by atoms with van der Waals surface area (Å²) < 4.78 is 0.350. The number of benzene rings is 2. The molecular formula is C21H18N2O5S3. The van der Waals surface area contributed by atoms with Gasteiger partial charge in [0.25, 0.3) is 11.6 Å². The molecule has 0 spiro atoms. The third kappa shape index (κ3) is 5.93. The summed E-state index contributed by atoms with van der Waals surface area (Å²) in [5, 5.41) is 20.4. The van der Waals surface area contributed by atoms with E-state index < -0.39 is 10.9 Å². The summed E-state index contributed by atoms with van der Waals surface area (Å²) in [4.78, 5) is 37.6. The quantitative estimate of drug-likeness (QED) is 0.243. The molecule has 7 nitrogen and oxygen atoms in total. The number of carboxylic acid groups (broad SMARTS) is 1. The molecule has 2 aromatic carbocycles. The van der Waals surface area contributed by atoms with Gasteiger partial charge in [-0.05, 0) is 43.2 Å². The van der Waals surface area contributed by atoms with Crippen molar-refractivity contribution in [3.63, 3.8) is 0 Å². The maximum Gasteiger partial charge on any atom is 0.303 e. The van der Waals surface area contributed by atoms with Crippen LogP contribution in [0.1, 0.15) is 24.0 Å². The van der Waals surface area contributed by atoms with Gasteiger partial charge >= 0.3 is 5.97 Å². The topological polar surface area (TPSA) is 101 Å². The van der Waals surface area contributed by atoms with Crippen molar-refractivity contribution in [2.75, 3.05) is 6.54 Å². The normalized spacial score (nSPS) is 15.0. The number of nitro groups is 1. The van der Waals surface area contributed by atoms with Crippen molar-refractivity contribution in [2.45, 2.75) is 29.6 Å². The van der Waals surface area contributed by atoms with Crippen molar-refractivity contribution in [1.82, 2.24) is 4.90 Å². The van der Waals surface area contributed by atoms with Crippen molar-refractivity contribution >= 4 is 63.7 Å². The number of hydrogen-bond donors (Lipinski definition) is 1. The molecule has 1 saturated heterocycles. The maximum absolute atomic E-state index is 12.6. The van der Waals surface area contributed by atoms with Crippen LogP contribution in [0, 0.1) is 17.0 Å². The van der Waals surface area contributed by atoms with E-state index in [1.165, 1.54) is 22.7 Å². The SMILES string of the molecule is Cc1ccc(Sc2ccc(/C=C3\SC(=S)N(CCCC(=O)O)C3=O)cc2[N+](=O)[O-])cc1. The van der Waals surface area contributed by atoms with Crippen molar-refractivity contribution in [1.29, 1.82) is 0 Å². The molecule has 1 amide bonds. The molecule has 3 rings (SSSR count). The summed E-state index contributed by atoms with van der Waals surface area (Å²) in [7, 11) is 0. The van der Waals surface area contributed by atoms with E-state index in [9.17, 15) is 19.7 Å². The van der Waals surface area contributed by atoms with Crippen LogP contribution >= 0.6 is 35.7 Å². The number of nitro benzene ring substituents is 1. The Balaban J connectivity index is 1.80. The van der Waals surface area contributed by atoms with Crippen molar-refractivity contribution in [3.8, 4) is 0 Å². The minimum atomic E-state index is -0.933. The highest BCUT2D eigenvalue weighted by molar-refractivity contribution is 8.26. The lowest BCUT2D eigenvalue weighted by atomic mass is 10.2. The Kier molecular flexibility index (Phi) is 7.47. The molecule has 0 saturated carbocycles. The molecule has 1 N–H and O–H groups in total. The van der Waals surface area contributed by atoms with Crippen LogP contribution in [0.3, 0.4) is 0 Å². The van der Waals surface area contributed by atoms with E-state index in [1.54, 1.807) is 18.2 Å². The minimum Gasteiger partial charge on any atom is -0.481 e. The average Bonchev–Trinajstić information content (AvgIpc) is 2.97. The number of nitrogens with zero attached hydrogens (tertiary/aromatic N) is 2. The fraction of sp³-hybridized carbons (Fsp3) is 0.190. The zero-order chi connectivity index (χ0) is 22.5. The smallest absolute Gasteiger partial charge is 0.303 e. The van der Waals surface area contributed by atoms with Crippen LogP contribution < -0.4 is 0 Å². The first-order valence-corrected chi connectivity index (χ1v) is 11.3. The Labute approximate surface area is 192 Å². The number of hydrogen-bond acceptors (Lipinski definition) is 7. The molecule has 160 valence electrons. The molecule has 0 aromatic heterocycles. The van der Waals surface area contributed by atoms with Gasteiger partial charge in [-0.1, -0.05) is 59.5 Å². The van der Waals surface area contributed by atoms with Crippen molar-refractivity contribution in [2.24, 2.45) is 0 Å². The molecule has 1 fully saturated rings. The van der Waals surface area contributed by atoms with E-state index in [0.717, 1.165) is 22.2 Å². The highest BCUT2D eigenvalue weighted by atomic mass is 32.2. The highest BCUT2D eigenvalue weighted by Crippen LogP contribution is 2.37. The predicted molar refractivity (Wildman–Crippen MR) is 125 cm³/mol. The van der Waals surface area contributed by atoms with Gasteiger partial charge in [0.15, 0.2) is 0 Å². The second-order valence-corrected chi connectivity index (χ2v) is 9.52. The van der Waals surface area contributed by atoms with Gasteiger partial charge in [-0.15, -0.1) is 0 Å². The Morgan fingerprint density at radius 2 is 2.00 bits per heavy atom. The van der Waals surface area contributed by atoms with Gasteiger partial charge in [0, 0.05) is 23.9 Å². The molecule has 0 aliphatic carbocycles. The van der Waals surface area contributed by atoms with Gasteiger partial charge in [0.1, 0.15) is 4.32 Å². The largest absolute Gasteiger partial charge is 0.481 e. The molecule has 1 aliphatic heterocycles. The lowest BCUT2D eigenvalue weighted by Gasteiger charge is -2.13. The van der Waals surface area contributed by atoms with E-state index in [2.05, 4.69) is 0 Å². The van der Waals surface area contributed by atoms with Crippen molar-refractivity contribution in [3.05, 3.63) is 68.6 Å². The summed E-state index contributed by atoms with van der Waals surface area (Å²) >= 11 is 7.64. The van der Waals surface area contributed by atoms with Gasteiger partial charge in [0.05, 0.1) is 14.7 Å². The van der Waals surface area contributed by atoms with Gasteiger partial charge in [-0.2, -0.15) is 0 Å². The second kappa shape index (κ2) is 10.1. The maximum atomic E-state index is 12.6. The fourth-order valence-electron chi connectivity index (χ4n) is 2.82. The lowest BCUT2D eigenvalue weighted by molar-refractivity contribution is -0.387. The van der Waals surface area contributed by atoms with Crippen molar-refractivity contribution < 1.29 is 19.6 Å². The summed E-state index contributed by atoms with van der Waals surface area (Å²) in [6, 6.07) is 12.5. The molecule has 1 heterocycles. The number of thiocarbonyl (C=S) groups is 1. The molecular weight excluding hydrogens is 456 g/mol. The number of aliphatic carboxylic acids is 1. The van der Waals surface area contributed by atoms with Crippen LogP contribution in [0.25, 0.3) is 6.08 Å². The van der Waals surface area contributed by atoms with E-state index in [-0.39, 0.29) is 24.6 Å². The number of thioether (sulfide) groups is 1. The molecule has 10 heteroatoms. The number of carbonyl (C=O) groups is 2. The van der Waals surface area contributed by atoms with Crippen LogP contribution in [0.5, 0.6) is 0 Å². The van der Waals surface area contributed by atoms with Crippen LogP contribution in [0.2, 0.25) is 0 Å². The zero-order valence-electron chi connectivity index (χ0n) is 16.4. The molecule has 31 heavy (non-hydrogen) atoms. The van der Waals surface area contributed by atoms with E-state index in [0.29, 0.717) is 26.1 Å². The lowest BCUT2D eigenvalue weighted by Crippen LogP contribution is -2.29. The van der Waals surface area contributed by atoms with Gasteiger partial charge in [-0.3, -0.25) is 24.6 Å². The summed E-state index contributed by atoms with van der Waals surface area (Å²) in [5.41, 5.74) is 1.58. The van der Waals surface area contributed by atoms with Gasteiger partial charge < -0.3 is 5.11 Å². The number of carbonyl (C=O) groups excluding carboxylic acids is 1. The second-order valence-electron chi connectivity index (χ2n) is 6.73. The Hall–Kier alpha value is -2.69. The van der Waals surface area contributed by atoms with Crippen LogP contribution in [0.4, 0.5) is 5.69 Å². The fourth-order valence-corrected chi connectivity index (χ4v) is 5.03. The van der Waals surface area contributed by atoms with E-state index in [1.807, 2.05) is 31.2 Å². The van der Waals surface area contributed by atoms with E-state index in [4.69, 9.17) is 17.3 Å².